The largest absolute Gasteiger partial charge is 0.466 e. The first-order valence-electron chi connectivity index (χ1n) is 14.2. The zero-order valence-corrected chi connectivity index (χ0v) is 23.7. The first-order chi connectivity index (χ1) is 18.2. The van der Waals surface area contributed by atoms with E-state index in [4.69, 9.17) is 18.8 Å². The Bertz CT molecular complexity index is 742. The van der Waals surface area contributed by atoms with Gasteiger partial charge in [-0.3, -0.25) is 9.35 Å². The van der Waals surface area contributed by atoms with Crippen LogP contribution in [0.2, 0.25) is 0 Å². The molecule has 0 aromatic rings. The van der Waals surface area contributed by atoms with E-state index in [2.05, 4.69) is 19.1 Å². The van der Waals surface area contributed by atoms with Crippen LogP contribution in [-0.2, 0) is 29.1 Å². The summed E-state index contributed by atoms with van der Waals surface area (Å²) in [6.45, 7) is 2.35. The van der Waals surface area contributed by atoms with Gasteiger partial charge in [0, 0.05) is 12.8 Å². The second-order valence-electron chi connectivity index (χ2n) is 10.0. The lowest BCUT2D eigenvalue weighted by atomic mass is 10.00. The van der Waals surface area contributed by atoms with Crippen LogP contribution < -0.4 is 0 Å². The van der Waals surface area contributed by atoms with Gasteiger partial charge in [0.25, 0.3) is 10.1 Å². The van der Waals surface area contributed by atoms with Crippen molar-refractivity contribution in [2.24, 2.45) is 0 Å². The number of aliphatic hydroxyl groups excluding tert-OH is 3. The lowest BCUT2D eigenvalue weighted by Gasteiger charge is -2.39. The molecule has 0 spiro atoms. The third-order valence-corrected chi connectivity index (χ3v) is 7.27. The van der Waals surface area contributed by atoms with Crippen molar-refractivity contribution >= 4 is 16.1 Å². The van der Waals surface area contributed by atoms with Crippen molar-refractivity contribution in [3.63, 3.8) is 0 Å². The van der Waals surface area contributed by atoms with Crippen molar-refractivity contribution in [2.75, 3.05) is 19.0 Å². The Morgan fingerprint density at radius 1 is 0.789 bits per heavy atom. The second-order valence-corrected chi connectivity index (χ2v) is 11.5. The van der Waals surface area contributed by atoms with E-state index in [1.165, 1.54) is 51.4 Å². The van der Waals surface area contributed by atoms with Gasteiger partial charge in [-0.1, -0.05) is 70.4 Å². The summed E-state index contributed by atoms with van der Waals surface area (Å²) >= 11 is 0. The molecule has 10 nitrogen and oxygen atoms in total. The Kier molecular flexibility index (Phi) is 19.1. The molecule has 1 saturated heterocycles. The Labute approximate surface area is 228 Å². The number of hydrogen-bond acceptors (Lipinski definition) is 9. The number of hydrogen-bond donors (Lipinski definition) is 4. The molecule has 0 aliphatic carbocycles. The highest BCUT2D eigenvalue weighted by Crippen LogP contribution is 2.23. The standard InChI is InChI=1S/C27H50O10S/c1-2-3-4-5-6-7-8-9-10-11-12-13-14-15-16-18-23(28)35-19-17-20-36-27-26(31)25(30)24(29)22(37-27)21-38(32,33)34/h9-10,22,24-27,29-31H,2-8,11-21H2,1H3,(H,32,33,34)/b10-9-/t22-,24-,25+,26-,27-/m1/s1. The van der Waals surface area contributed by atoms with Crippen LogP contribution in [0.25, 0.3) is 0 Å². The lowest BCUT2D eigenvalue weighted by Crippen LogP contribution is -2.59. The van der Waals surface area contributed by atoms with Gasteiger partial charge in [-0.2, -0.15) is 8.42 Å². The Morgan fingerprint density at radius 3 is 1.97 bits per heavy atom. The van der Waals surface area contributed by atoms with Crippen LogP contribution in [0.3, 0.4) is 0 Å². The molecule has 0 saturated carbocycles. The molecule has 1 fully saturated rings. The number of aliphatic hydroxyl groups is 3. The van der Waals surface area contributed by atoms with E-state index in [9.17, 15) is 28.5 Å². The molecule has 1 rings (SSSR count). The molecule has 0 bridgehead atoms. The Hall–Kier alpha value is -1.08. The molecule has 4 N–H and O–H groups in total. The number of allylic oxidation sites excluding steroid dienone is 2. The number of ether oxygens (including phenoxy) is 3. The van der Waals surface area contributed by atoms with Crippen LogP contribution >= 0.6 is 0 Å². The number of esters is 1. The van der Waals surface area contributed by atoms with Crippen LogP contribution in [0.5, 0.6) is 0 Å². The fraction of sp³-hybridized carbons (Fsp3) is 0.889. The predicted octanol–water partition coefficient (Wildman–Crippen LogP) is 3.67. The molecule has 1 aliphatic heterocycles. The van der Waals surface area contributed by atoms with Crippen molar-refractivity contribution in [1.82, 2.24) is 0 Å². The van der Waals surface area contributed by atoms with Crippen LogP contribution in [0.4, 0.5) is 0 Å². The van der Waals surface area contributed by atoms with Gasteiger partial charge in [0.15, 0.2) is 6.29 Å². The third-order valence-electron chi connectivity index (χ3n) is 6.52. The van der Waals surface area contributed by atoms with E-state index in [1.807, 2.05) is 0 Å². The van der Waals surface area contributed by atoms with E-state index in [1.54, 1.807) is 0 Å². The molecule has 11 heteroatoms. The van der Waals surface area contributed by atoms with Gasteiger partial charge in [0.05, 0.1) is 13.2 Å². The highest BCUT2D eigenvalue weighted by atomic mass is 32.2. The zero-order valence-electron chi connectivity index (χ0n) is 22.9. The molecule has 0 aromatic carbocycles. The van der Waals surface area contributed by atoms with Crippen LogP contribution in [0.1, 0.15) is 103 Å². The zero-order chi connectivity index (χ0) is 28.2. The van der Waals surface area contributed by atoms with Gasteiger partial charge in [-0.25, -0.2) is 0 Å². The average Bonchev–Trinajstić information content (AvgIpc) is 2.86. The lowest BCUT2D eigenvalue weighted by molar-refractivity contribution is -0.292. The molecule has 1 aliphatic rings. The van der Waals surface area contributed by atoms with Crippen molar-refractivity contribution in [2.45, 2.75) is 134 Å². The van der Waals surface area contributed by atoms with Gasteiger partial charge in [0.1, 0.15) is 30.2 Å². The summed E-state index contributed by atoms with van der Waals surface area (Å²) in [5.41, 5.74) is 0. The van der Waals surface area contributed by atoms with Crippen LogP contribution in [0, 0.1) is 0 Å². The highest BCUT2D eigenvalue weighted by molar-refractivity contribution is 7.85. The molecule has 0 amide bonds. The molecule has 1 heterocycles. The summed E-state index contributed by atoms with van der Waals surface area (Å²) < 4.78 is 46.7. The van der Waals surface area contributed by atoms with Crippen LogP contribution in [-0.4, -0.2) is 83.9 Å². The number of carbonyl (C=O) groups is 1. The van der Waals surface area contributed by atoms with Crippen molar-refractivity contribution in [3.8, 4) is 0 Å². The molecular weight excluding hydrogens is 516 g/mol. The highest BCUT2D eigenvalue weighted by Gasteiger charge is 2.45. The van der Waals surface area contributed by atoms with Gasteiger partial charge < -0.3 is 29.5 Å². The summed E-state index contributed by atoms with van der Waals surface area (Å²) in [6, 6.07) is 0. The third kappa shape index (κ3) is 16.8. The summed E-state index contributed by atoms with van der Waals surface area (Å²) in [4.78, 5) is 11.9. The minimum atomic E-state index is -4.48. The van der Waals surface area contributed by atoms with Gasteiger partial charge in [-0.15, -0.1) is 0 Å². The monoisotopic (exact) mass is 566 g/mol. The molecule has 224 valence electrons. The molecule has 0 unspecified atom stereocenters. The fourth-order valence-electron chi connectivity index (χ4n) is 4.26. The van der Waals surface area contributed by atoms with E-state index in [-0.39, 0.29) is 19.2 Å². The van der Waals surface area contributed by atoms with E-state index < -0.39 is 46.6 Å². The maximum Gasteiger partial charge on any atom is 0.305 e. The van der Waals surface area contributed by atoms with Gasteiger partial charge >= 0.3 is 5.97 Å². The summed E-state index contributed by atoms with van der Waals surface area (Å²) in [5.74, 6) is -1.24. The Morgan fingerprint density at radius 2 is 1.37 bits per heavy atom. The molecule has 38 heavy (non-hydrogen) atoms. The summed E-state index contributed by atoms with van der Waals surface area (Å²) in [7, 11) is -4.48. The number of carbonyl (C=O) groups excluding carboxylic acids is 1. The minimum Gasteiger partial charge on any atom is -0.466 e. The summed E-state index contributed by atoms with van der Waals surface area (Å²) in [5, 5.41) is 29.7. The molecule has 0 radical (unpaired) electrons. The SMILES string of the molecule is CCCCCCCC/C=C\CCCCCCCC(=O)OCCCO[C@@H]1O[C@H](CS(=O)(=O)O)[C@@H](O)[C@H](O)[C@H]1O. The topological polar surface area (TPSA) is 160 Å². The fourth-order valence-corrected chi connectivity index (χ4v) is 4.95. The van der Waals surface area contributed by atoms with E-state index in [0.29, 0.717) is 12.8 Å². The Balaban J connectivity index is 2.00. The van der Waals surface area contributed by atoms with Crippen molar-refractivity contribution in [3.05, 3.63) is 12.2 Å². The minimum absolute atomic E-state index is 0.00379. The molecule has 5 atom stereocenters. The van der Waals surface area contributed by atoms with Crippen LogP contribution in [0.15, 0.2) is 12.2 Å². The maximum absolute atomic E-state index is 11.9. The molecule has 0 aromatic heterocycles. The van der Waals surface area contributed by atoms with Gasteiger partial charge in [0.2, 0.25) is 0 Å². The quantitative estimate of drug-likeness (QED) is 0.0659. The maximum atomic E-state index is 11.9. The first kappa shape index (κ1) is 34.9. The second kappa shape index (κ2) is 20.8. The van der Waals surface area contributed by atoms with E-state index >= 15 is 0 Å². The van der Waals surface area contributed by atoms with Gasteiger partial charge in [-0.05, 0) is 32.1 Å². The number of unbranched alkanes of at least 4 members (excludes halogenated alkanes) is 11. The normalized spacial score (nSPS) is 24.2. The van der Waals surface area contributed by atoms with Crippen molar-refractivity contribution < 1.29 is 47.3 Å². The number of rotatable bonds is 22. The van der Waals surface area contributed by atoms with E-state index in [0.717, 1.165) is 32.1 Å². The smallest absolute Gasteiger partial charge is 0.305 e. The van der Waals surface area contributed by atoms with Crippen molar-refractivity contribution in [1.29, 1.82) is 0 Å². The molecular formula is C27H50O10S. The predicted molar refractivity (Wildman–Crippen MR) is 144 cm³/mol. The first-order valence-corrected chi connectivity index (χ1v) is 15.8. The average molecular weight is 567 g/mol. The summed E-state index contributed by atoms with van der Waals surface area (Å²) in [6.07, 6.45) is 12.8.